The number of ether oxygens (including phenoxy) is 1. The Balaban J connectivity index is 1.77. The zero-order chi connectivity index (χ0) is 22.5. The number of amides is 2. The minimum atomic E-state index is -2.89. The number of halogens is 4. The molecule has 11 heteroatoms. The maximum atomic E-state index is 13.7. The number of benzene rings is 1. The first kappa shape index (κ1) is 23.4. The summed E-state index contributed by atoms with van der Waals surface area (Å²) in [5.41, 5.74) is 5.40. The van der Waals surface area contributed by atoms with Crippen molar-refractivity contribution in [2.45, 2.75) is 31.7 Å². The summed E-state index contributed by atoms with van der Waals surface area (Å²) < 4.78 is 58.4. The molecule has 0 aromatic heterocycles. The summed E-state index contributed by atoms with van der Waals surface area (Å²) in [5.74, 6) is -0.813. The lowest BCUT2D eigenvalue weighted by atomic mass is 10.1. The summed E-state index contributed by atoms with van der Waals surface area (Å²) >= 11 is 0. The third-order valence-corrected chi connectivity index (χ3v) is 5.34. The van der Waals surface area contributed by atoms with Gasteiger partial charge >= 0.3 is 0 Å². The molecule has 0 spiro atoms. The van der Waals surface area contributed by atoms with Crippen LogP contribution in [0.1, 0.15) is 24.8 Å². The van der Waals surface area contributed by atoms with Gasteiger partial charge in [-0.25, -0.2) is 17.6 Å². The first-order chi connectivity index (χ1) is 14.8. The van der Waals surface area contributed by atoms with E-state index in [2.05, 4.69) is 5.32 Å². The van der Waals surface area contributed by atoms with E-state index in [1.807, 2.05) is 0 Å². The van der Waals surface area contributed by atoms with Gasteiger partial charge in [-0.15, -0.1) is 0 Å². The second kappa shape index (κ2) is 10.4. The van der Waals surface area contributed by atoms with Gasteiger partial charge in [-0.2, -0.15) is 0 Å². The van der Waals surface area contributed by atoms with Crippen LogP contribution in [0.5, 0.6) is 0 Å². The van der Waals surface area contributed by atoms with Crippen molar-refractivity contribution in [3.8, 4) is 0 Å². The Labute approximate surface area is 177 Å². The Bertz CT molecular complexity index is 788. The molecule has 1 heterocycles. The number of nitrogens with zero attached hydrogens (tertiary/aromatic N) is 2. The van der Waals surface area contributed by atoms with Crippen molar-refractivity contribution in [2.75, 3.05) is 49.6 Å². The van der Waals surface area contributed by atoms with Crippen molar-refractivity contribution in [2.24, 2.45) is 11.7 Å². The molecule has 1 aliphatic carbocycles. The van der Waals surface area contributed by atoms with Crippen molar-refractivity contribution in [3.63, 3.8) is 0 Å². The van der Waals surface area contributed by atoms with Crippen molar-refractivity contribution < 1.29 is 31.9 Å². The van der Waals surface area contributed by atoms with E-state index in [0.717, 1.165) is 18.9 Å². The molecule has 2 aliphatic rings. The number of carbonyl (C=O) groups excluding carboxylic acids is 2. The van der Waals surface area contributed by atoms with E-state index in [9.17, 15) is 27.2 Å². The molecular formula is C20H26F4N4O3. The molecule has 1 saturated carbocycles. The SMILES string of the molecule is NC[C@@H](C(=O)Nc1ccc(N2CCOCC2=O)c(C(F)F)c1)N(CC(F)F)CC1CC1. The normalized spacial score (nSPS) is 18.2. The second-order valence-electron chi connectivity index (χ2n) is 7.70. The summed E-state index contributed by atoms with van der Waals surface area (Å²) in [6, 6.07) is 2.81. The van der Waals surface area contributed by atoms with E-state index in [4.69, 9.17) is 10.5 Å². The van der Waals surface area contributed by atoms with E-state index in [1.54, 1.807) is 0 Å². The summed E-state index contributed by atoms with van der Waals surface area (Å²) in [4.78, 5) is 27.3. The number of nitrogens with one attached hydrogen (secondary N) is 1. The monoisotopic (exact) mass is 446 g/mol. The van der Waals surface area contributed by atoms with Crippen molar-refractivity contribution >= 4 is 23.2 Å². The molecule has 0 bridgehead atoms. The Morgan fingerprint density at radius 1 is 1.29 bits per heavy atom. The van der Waals surface area contributed by atoms with Gasteiger partial charge in [-0.05, 0) is 37.0 Å². The van der Waals surface area contributed by atoms with Gasteiger partial charge in [0.25, 0.3) is 18.8 Å². The Hall–Kier alpha value is -2.24. The highest BCUT2D eigenvalue weighted by Crippen LogP contribution is 2.34. The fourth-order valence-electron chi connectivity index (χ4n) is 3.61. The Kier molecular flexibility index (Phi) is 7.84. The predicted octanol–water partition coefficient (Wildman–Crippen LogP) is 2.23. The Morgan fingerprint density at radius 3 is 2.61 bits per heavy atom. The molecule has 1 aromatic rings. The minimum absolute atomic E-state index is 0.0461. The average Bonchev–Trinajstić information content (AvgIpc) is 3.52. The molecule has 1 saturated heterocycles. The molecule has 1 aliphatic heterocycles. The minimum Gasteiger partial charge on any atom is -0.370 e. The van der Waals surface area contributed by atoms with E-state index in [-0.39, 0.29) is 43.6 Å². The van der Waals surface area contributed by atoms with Crippen LogP contribution in [0.4, 0.5) is 28.9 Å². The lowest BCUT2D eigenvalue weighted by Crippen LogP contribution is -2.51. The molecular weight excluding hydrogens is 420 g/mol. The molecule has 1 atom stereocenters. The predicted molar refractivity (Wildman–Crippen MR) is 106 cm³/mol. The lowest BCUT2D eigenvalue weighted by molar-refractivity contribution is -0.125. The summed E-state index contributed by atoms with van der Waals surface area (Å²) in [7, 11) is 0. The van der Waals surface area contributed by atoms with Crippen LogP contribution >= 0.6 is 0 Å². The van der Waals surface area contributed by atoms with E-state index in [0.29, 0.717) is 6.54 Å². The maximum absolute atomic E-state index is 13.7. The summed E-state index contributed by atoms with van der Waals surface area (Å²) in [5, 5.41) is 2.51. The van der Waals surface area contributed by atoms with Gasteiger partial charge in [0.1, 0.15) is 12.6 Å². The lowest BCUT2D eigenvalue weighted by Gasteiger charge is -2.30. The van der Waals surface area contributed by atoms with Gasteiger partial charge in [-0.1, -0.05) is 0 Å². The van der Waals surface area contributed by atoms with Crippen LogP contribution in [0.15, 0.2) is 18.2 Å². The number of alkyl halides is 4. The zero-order valence-electron chi connectivity index (χ0n) is 16.9. The van der Waals surface area contributed by atoms with Gasteiger partial charge in [0.05, 0.1) is 18.8 Å². The number of anilines is 2. The molecule has 0 radical (unpaired) electrons. The van der Waals surface area contributed by atoms with Crippen LogP contribution in [0.25, 0.3) is 0 Å². The highest BCUT2D eigenvalue weighted by molar-refractivity contribution is 5.97. The van der Waals surface area contributed by atoms with Crippen LogP contribution < -0.4 is 16.0 Å². The smallest absolute Gasteiger partial charge is 0.265 e. The highest BCUT2D eigenvalue weighted by Gasteiger charge is 2.33. The summed E-state index contributed by atoms with van der Waals surface area (Å²) in [6.07, 6.45) is -3.69. The molecule has 0 unspecified atom stereocenters. The van der Waals surface area contributed by atoms with Crippen molar-refractivity contribution in [1.82, 2.24) is 4.90 Å². The third-order valence-electron chi connectivity index (χ3n) is 5.34. The van der Waals surface area contributed by atoms with Crippen LogP contribution in [-0.4, -0.2) is 68.6 Å². The van der Waals surface area contributed by atoms with Crippen LogP contribution in [0, 0.1) is 5.92 Å². The van der Waals surface area contributed by atoms with E-state index in [1.165, 1.54) is 21.9 Å². The molecule has 2 fully saturated rings. The van der Waals surface area contributed by atoms with Gasteiger partial charge in [0.2, 0.25) is 5.91 Å². The second-order valence-corrected chi connectivity index (χ2v) is 7.70. The van der Waals surface area contributed by atoms with Gasteiger partial charge in [0.15, 0.2) is 0 Å². The van der Waals surface area contributed by atoms with Crippen LogP contribution in [0.3, 0.4) is 0 Å². The first-order valence-corrected chi connectivity index (χ1v) is 10.1. The Morgan fingerprint density at radius 2 is 2.03 bits per heavy atom. The first-order valence-electron chi connectivity index (χ1n) is 10.1. The summed E-state index contributed by atoms with van der Waals surface area (Å²) in [6.45, 7) is -0.269. The van der Waals surface area contributed by atoms with Crippen molar-refractivity contribution in [1.29, 1.82) is 0 Å². The average molecular weight is 446 g/mol. The van der Waals surface area contributed by atoms with Gasteiger partial charge in [-0.3, -0.25) is 14.5 Å². The van der Waals surface area contributed by atoms with Gasteiger partial charge < -0.3 is 20.7 Å². The number of carbonyl (C=O) groups is 2. The third kappa shape index (κ3) is 6.14. The molecule has 172 valence electrons. The van der Waals surface area contributed by atoms with E-state index < -0.39 is 42.8 Å². The largest absolute Gasteiger partial charge is 0.370 e. The fourth-order valence-corrected chi connectivity index (χ4v) is 3.61. The quantitative estimate of drug-likeness (QED) is 0.539. The van der Waals surface area contributed by atoms with Crippen LogP contribution in [0.2, 0.25) is 0 Å². The van der Waals surface area contributed by atoms with E-state index >= 15 is 0 Å². The molecule has 7 nitrogen and oxygen atoms in total. The number of hydrogen-bond donors (Lipinski definition) is 2. The number of morpholine rings is 1. The highest BCUT2D eigenvalue weighted by atomic mass is 19.3. The number of rotatable bonds is 10. The standard InChI is InChI=1S/C20H26F4N4O3/c21-17(22)10-27(9-12-1-2-12)16(8-25)20(30)26-13-3-4-15(14(7-13)19(23)24)28-5-6-31-11-18(28)29/h3-4,7,12,16-17,19H,1-2,5-6,8-11,25H2,(H,26,30)/t16-/m0/s1. The molecule has 2 amide bonds. The number of hydrogen-bond acceptors (Lipinski definition) is 5. The number of nitrogens with two attached hydrogens (primary N) is 1. The zero-order valence-corrected chi connectivity index (χ0v) is 16.9. The maximum Gasteiger partial charge on any atom is 0.265 e. The van der Waals surface area contributed by atoms with Gasteiger partial charge in [0, 0.05) is 30.9 Å². The topological polar surface area (TPSA) is 87.9 Å². The molecule has 1 aromatic carbocycles. The molecule has 31 heavy (non-hydrogen) atoms. The fraction of sp³-hybridized carbons (Fsp3) is 0.600. The van der Waals surface area contributed by atoms with Crippen LogP contribution in [-0.2, 0) is 14.3 Å². The molecule has 3 rings (SSSR count). The van der Waals surface area contributed by atoms with Crippen molar-refractivity contribution in [3.05, 3.63) is 23.8 Å². The molecule has 3 N–H and O–H groups in total.